The molecule has 1 atom stereocenters. The number of likely N-dealkylation sites (tertiary alicyclic amines) is 1. The van der Waals surface area contributed by atoms with Crippen LogP contribution in [0.1, 0.15) is 43.7 Å². The average Bonchev–Trinajstić information content (AvgIpc) is 3.04. The predicted molar refractivity (Wildman–Crippen MR) is 109 cm³/mol. The van der Waals surface area contributed by atoms with E-state index in [1.807, 2.05) is 47.4 Å². The number of para-hydroxylation sites is 1. The van der Waals surface area contributed by atoms with Gasteiger partial charge in [0.1, 0.15) is 0 Å². The van der Waals surface area contributed by atoms with Crippen molar-refractivity contribution in [1.82, 2.24) is 4.90 Å². The van der Waals surface area contributed by atoms with E-state index in [4.69, 9.17) is 0 Å². The van der Waals surface area contributed by atoms with Crippen LogP contribution in [0.2, 0.25) is 0 Å². The molecule has 142 valence electrons. The summed E-state index contributed by atoms with van der Waals surface area (Å²) in [6, 6.07) is 18.2. The highest BCUT2D eigenvalue weighted by molar-refractivity contribution is 5.97. The number of nitrogens with one attached hydrogen (secondary N) is 1. The van der Waals surface area contributed by atoms with Crippen molar-refractivity contribution in [1.29, 1.82) is 0 Å². The highest BCUT2D eigenvalue weighted by atomic mass is 16.2. The molecule has 1 heterocycles. The van der Waals surface area contributed by atoms with Gasteiger partial charge in [-0.25, -0.2) is 0 Å². The van der Waals surface area contributed by atoms with Crippen molar-refractivity contribution >= 4 is 17.5 Å². The van der Waals surface area contributed by atoms with Crippen LogP contribution in [0.3, 0.4) is 0 Å². The first-order valence-corrected chi connectivity index (χ1v) is 9.76. The van der Waals surface area contributed by atoms with Crippen LogP contribution in [0.5, 0.6) is 0 Å². The van der Waals surface area contributed by atoms with Gasteiger partial charge in [0.2, 0.25) is 11.8 Å². The number of carbonyl (C=O) groups is 2. The maximum atomic E-state index is 12.7. The SMILES string of the molecule is CC(C)c1ccccc1NC(=O)C1CC(=O)N(CCCc2ccccc2)C1. The number of amides is 2. The summed E-state index contributed by atoms with van der Waals surface area (Å²) in [5.41, 5.74) is 3.26. The molecule has 1 aliphatic heterocycles. The van der Waals surface area contributed by atoms with Crippen molar-refractivity contribution in [2.75, 3.05) is 18.4 Å². The minimum Gasteiger partial charge on any atom is -0.342 e. The Morgan fingerprint density at radius 3 is 2.56 bits per heavy atom. The Morgan fingerprint density at radius 2 is 1.81 bits per heavy atom. The number of aryl methyl sites for hydroxylation is 1. The molecule has 1 saturated heterocycles. The van der Waals surface area contributed by atoms with E-state index in [1.165, 1.54) is 5.56 Å². The largest absolute Gasteiger partial charge is 0.342 e. The Labute approximate surface area is 161 Å². The summed E-state index contributed by atoms with van der Waals surface area (Å²) in [4.78, 5) is 26.8. The molecule has 4 nitrogen and oxygen atoms in total. The van der Waals surface area contributed by atoms with Crippen LogP contribution in [0.15, 0.2) is 54.6 Å². The first-order valence-electron chi connectivity index (χ1n) is 9.76. The second kappa shape index (κ2) is 8.85. The highest BCUT2D eigenvalue weighted by Crippen LogP contribution is 2.26. The smallest absolute Gasteiger partial charge is 0.229 e. The lowest BCUT2D eigenvalue weighted by atomic mass is 10.0. The quantitative estimate of drug-likeness (QED) is 0.799. The van der Waals surface area contributed by atoms with Crippen LogP contribution < -0.4 is 5.32 Å². The Morgan fingerprint density at radius 1 is 1.11 bits per heavy atom. The second-order valence-corrected chi connectivity index (χ2v) is 7.56. The molecular weight excluding hydrogens is 336 g/mol. The number of hydrogen-bond donors (Lipinski definition) is 1. The van der Waals surface area contributed by atoms with Gasteiger partial charge in [0.25, 0.3) is 0 Å². The maximum absolute atomic E-state index is 12.7. The van der Waals surface area contributed by atoms with Crippen LogP contribution in [-0.4, -0.2) is 29.8 Å². The molecule has 4 heteroatoms. The molecule has 2 aromatic rings. The van der Waals surface area contributed by atoms with Gasteiger partial charge >= 0.3 is 0 Å². The van der Waals surface area contributed by atoms with E-state index in [0.29, 0.717) is 25.4 Å². The molecule has 1 N–H and O–H groups in total. The predicted octanol–water partition coefficient (Wildman–Crippen LogP) is 4.23. The van der Waals surface area contributed by atoms with E-state index in [9.17, 15) is 9.59 Å². The Balaban J connectivity index is 1.53. The van der Waals surface area contributed by atoms with Crippen molar-refractivity contribution < 1.29 is 9.59 Å². The lowest BCUT2D eigenvalue weighted by Gasteiger charge is -2.18. The van der Waals surface area contributed by atoms with Crippen LogP contribution in [0.4, 0.5) is 5.69 Å². The summed E-state index contributed by atoms with van der Waals surface area (Å²) in [5.74, 6) is 0.0954. The monoisotopic (exact) mass is 364 g/mol. The van der Waals surface area contributed by atoms with Gasteiger partial charge in [-0.15, -0.1) is 0 Å². The average molecular weight is 364 g/mol. The minimum atomic E-state index is -0.269. The molecule has 27 heavy (non-hydrogen) atoms. The number of carbonyl (C=O) groups excluding carboxylic acids is 2. The normalized spacial score (nSPS) is 16.8. The fourth-order valence-electron chi connectivity index (χ4n) is 3.63. The Kier molecular flexibility index (Phi) is 6.28. The van der Waals surface area contributed by atoms with Gasteiger partial charge in [-0.1, -0.05) is 62.4 Å². The molecule has 0 aromatic heterocycles. The summed E-state index contributed by atoms with van der Waals surface area (Å²) in [5, 5.41) is 3.04. The second-order valence-electron chi connectivity index (χ2n) is 7.56. The van der Waals surface area contributed by atoms with Crippen LogP contribution >= 0.6 is 0 Å². The number of rotatable bonds is 7. The van der Waals surface area contributed by atoms with Gasteiger partial charge in [0.05, 0.1) is 5.92 Å². The van der Waals surface area contributed by atoms with Gasteiger partial charge < -0.3 is 10.2 Å². The van der Waals surface area contributed by atoms with Crippen molar-refractivity contribution in [2.45, 2.75) is 39.0 Å². The number of anilines is 1. The first kappa shape index (κ1) is 19.2. The molecule has 0 radical (unpaired) electrons. The highest BCUT2D eigenvalue weighted by Gasteiger charge is 2.34. The van der Waals surface area contributed by atoms with Gasteiger partial charge in [-0.05, 0) is 36.0 Å². The Hall–Kier alpha value is -2.62. The molecule has 1 aliphatic rings. The van der Waals surface area contributed by atoms with E-state index in [1.54, 1.807) is 0 Å². The minimum absolute atomic E-state index is 0.0537. The zero-order valence-corrected chi connectivity index (χ0v) is 16.2. The third-order valence-electron chi connectivity index (χ3n) is 5.16. The third-order valence-corrected chi connectivity index (χ3v) is 5.16. The zero-order valence-electron chi connectivity index (χ0n) is 16.2. The number of hydrogen-bond acceptors (Lipinski definition) is 2. The van der Waals surface area contributed by atoms with Crippen molar-refractivity contribution in [3.05, 3.63) is 65.7 Å². The fourth-order valence-corrected chi connectivity index (χ4v) is 3.63. The lowest BCUT2D eigenvalue weighted by molar-refractivity contribution is -0.128. The maximum Gasteiger partial charge on any atom is 0.229 e. The van der Waals surface area contributed by atoms with Gasteiger partial charge in [0, 0.05) is 25.2 Å². The molecule has 1 unspecified atom stereocenters. The molecule has 2 aromatic carbocycles. The van der Waals surface area contributed by atoms with E-state index < -0.39 is 0 Å². The van der Waals surface area contributed by atoms with Gasteiger partial charge in [0.15, 0.2) is 0 Å². The van der Waals surface area contributed by atoms with Gasteiger partial charge in [-0.2, -0.15) is 0 Å². The number of nitrogens with zero attached hydrogens (tertiary/aromatic N) is 1. The molecule has 0 aliphatic carbocycles. The molecule has 0 bridgehead atoms. The summed E-state index contributed by atoms with van der Waals surface area (Å²) >= 11 is 0. The summed E-state index contributed by atoms with van der Waals surface area (Å²) in [7, 11) is 0. The van der Waals surface area contributed by atoms with Gasteiger partial charge in [-0.3, -0.25) is 9.59 Å². The summed E-state index contributed by atoms with van der Waals surface area (Å²) in [6.45, 7) is 5.44. The van der Waals surface area contributed by atoms with Crippen molar-refractivity contribution in [3.8, 4) is 0 Å². The molecule has 2 amide bonds. The molecule has 1 fully saturated rings. The molecule has 0 saturated carbocycles. The van der Waals surface area contributed by atoms with E-state index in [-0.39, 0.29) is 17.7 Å². The zero-order chi connectivity index (χ0) is 19.2. The molecule has 0 spiro atoms. The summed E-state index contributed by atoms with van der Waals surface area (Å²) in [6.07, 6.45) is 2.17. The van der Waals surface area contributed by atoms with Crippen molar-refractivity contribution in [3.63, 3.8) is 0 Å². The Bertz CT molecular complexity index is 786. The third kappa shape index (κ3) is 4.97. The van der Waals surface area contributed by atoms with Crippen molar-refractivity contribution in [2.24, 2.45) is 5.92 Å². The van der Waals surface area contributed by atoms with E-state index in [0.717, 1.165) is 24.1 Å². The number of benzene rings is 2. The topological polar surface area (TPSA) is 49.4 Å². The van der Waals surface area contributed by atoms with E-state index >= 15 is 0 Å². The van der Waals surface area contributed by atoms with Crippen LogP contribution in [0.25, 0.3) is 0 Å². The molecular formula is C23H28N2O2. The molecule has 3 rings (SSSR count). The van der Waals surface area contributed by atoms with Crippen LogP contribution in [-0.2, 0) is 16.0 Å². The van der Waals surface area contributed by atoms with E-state index in [2.05, 4.69) is 31.3 Å². The standard InChI is InChI=1S/C23H28N2O2/c1-17(2)20-12-6-7-13-21(20)24-23(27)19-15-22(26)25(16-19)14-8-11-18-9-4-3-5-10-18/h3-7,9-10,12-13,17,19H,8,11,14-16H2,1-2H3,(H,24,27). The van der Waals surface area contributed by atoms with Crippen LogP contribution in [0, 0.1) is 5.92 Å². The summed E-state index contributed by atoms with van der Waals surface area (Å²) < 4.78 is 0. The lowest BCUT2D eigenvalue weighted by Crippen LogP contribution is -2.29. The first-order chi connectivity index (χ1) is 13.0. The fraction of sp³-hybridized carbons (Fsp3) is 0.391.